The van der Waals surface area contributed by atoms with E-state index >= 15 is 0 Å². The number of hydrogen-bond acceptors (Lipinski definition) is 5. The van der Waals surface area contributed by atoms with Crippen molar-refractivity contribution in [1.29, 1.82) is 0 Å². The van der Waals surface area contributed by atoms with Gasteiger partial charge in [0.05, 0.1) is 12.5 Å². The minimum Gasteiger partial charge on any atom is -0.468 e. The third-order valence-corrected chi connectivity index (χ3v) is 12.4. The molecule has 0 heterocycles. The topological polar surface area (TPSA) is 69.7 Å². The molecule has 0 amide bonds. The molecule has 200 valence electrons. The van der Waals surface area contributed by atoms with Gasteiger partial charge in [0.2, 0.25) is 0 Å². The van der Waals surface area contributed by atoms with Crippen molar-refractivity contribution < 1.29 is 23.9 Å². The van der Waals surface area contributed by atoms with Crippen molar-refractivity contribution in [2.24, 2.45) is 38.9 Å². The van der Waals surface area contributed by atoms with Crippen LogP contribution in [0.2, 0.25) is 0 Å². The summed E-state index contributed by atoms with van der Waals surface area (Å²) < 4.78 is 11.1. The Hall–Kier alpha value is -1.65. The maximum atomic E-state index is 14.1. The number of methoxy groups -OCH3 is 1. The molecule has 0 saturated heterocycles. The van der Waals surface area contributed by atoms with E-state index in [1.165, 1.54) is 26.0 Å². The minimum atomic E-state index is -0.772. The summed E-state index contributed by atoms with van der Waals surface area (Å²) in [4.78, 5) is 39.2. The second-order valence-corrected chi connectivity index (χ2v) is 14.2. The van der Waals surface area contributed by atoms with Gasteiger partial charge in [-0.25, -0.2) is 0 Å². The molecule has 0 aliphatic heterocycles. The highest BCUT2D eigenvalue weighted by Gasteiger charge is 2.67. The summed E-state index contributed by atoms with van der Waals surface area (Å²) in [5, 5.41) is 0. The molecule has 0 bridgehead atoms. The van der Waals surface area contributed by atoms with Crippen LogP contribution in [0.5, 0.6) is 0 Å². The third-order valence-electron chi connectivity index (χ3n) is 12.4. The number of fused-ring (bicyclic) bond motifs is 6. The second kappa shape index (κ2) is 8.17. The number of Topliss-reactive ketones (excluding diaryl/α,β-unsaturated/α-hetero) is 1. The van der Waals surface area contributed by atoms with Gasteiger partial charge in [-0.15, -0.1) is 0 Å². The smallest absolute Gasteiger partial charge is 0.316 e. The second-order valence-electron chi connectivity index (χ2n) is 14.2. The van der Waals surface area contributed by atoms with Crippen molar-refractivity contribution in [2.45, 2.75) is 118 Å². The van der Waals surface area contributed by atoms with Crippen molar-refractivity contribution >= 4 is 17.7 Å². The fraction of sp³-hybridized carbons (Fsp3) is 0.839. The maximum absolute atomic E-state index is 14.1. The molecular formula is C31H46O5. The van der Waals surface area contributed by atoms with E-state index in [0.717, 1.165) is 56.9 Å². The normalized spacial score (nSPS) is 45.5. The van der Waals surface area contributed by atoms with Gasteiger partial charge in [-0.1, -0.05) is 40.2 Å². The Morgan fingerprint density at radius 3 is 2.25 bits per heavy atom. The van der Waals surface area contributed by atoms with E-state index < -0.39 is 10.8 Å². The van der Waals surface area contributed by atoms with Crippen LogP contribution in [-0.4, -0.2) is 30.9 Å². The molecule has 7 atom stereocenters. The zero-order valence-electron chi connectivity index (χ0n) is 23.6. The van der Waals surface area contributed by atoms with Crippen LogP contribution in [-0.2, 0) is 23.9 Å². The molecule has 5 aliphatic rings. The monoisotopic (exact) mass is 498 g/mol. The van der Waals surface area contributed by atoms with Gasteiger partial charge >= 0.3 is 11.9 Å². The molecule has 0 unspecified atom stereocenters. The lowest BCUT2D eigenvalue weighted by atomic mass is 9.35. The maximum Gasteiger partial charge on any atom is 0.316 e. The molecule has 5 nitrogen and oxygen atoms in total. The lowest BCUT2D eigenvalue weighted by molar-refractivity contribution is -0.181. The lowest BCUT2D eigenvalue weighted by Crippen LogP contribution is -2.62. The predicted octanol–water partition coefficient (Wildman–Crippen LogP) is 6.58. The van der Waals surface area contributed by atoms with Crippen LogP contribution in [0.15, 0.2) is 11.1 Å². The molecule has 0 aromatic rings. The highest BCUT2D eigenvalue weighted by Crippen LogP contribution is 2.74. The van der Waals surface area contributed by atoms with Crippen LogP contribution in [0.4, 0.5) is 0 Å². The summed E-state index contributed by atoms with van der Waals surface area (Å²) in [6.45, 7) is 13.0. The highest BCUT2D eigenvalue weighted by atomic mass is 16.5. The Labute approximate surface area is 217 Å². The molecule has 0 spiro atoms. The zero-order valence-corrected chi connectivity index (χ0v) is 23.6. The molecule has 36 heavy (non-hydrogen) atoms. The molecule has 5 aliphatic carbocycles. The van der Waals surface area contributed by atoms with Crippen LogP contribution in [0.3, 0.4) is 0 Å². The first-order valence-corrected chi connectivity index (χ1v) is 14.3. The van der Waals surface area contributed by atoms with Gasteiger partial charge in [0.25, 0.3) is 0 Å². The number of allylic oxidation sites excluding steroid dienone is 1. The predicted molar refractivity (Wildman–Crippen MR) is 138 cm³/mol. The van der Waals surface area contributed by atoms with Gasteiger partial charge < -0.3 is 9.47 Å². The minimum absolute atomic E-state index is 0.0118. The average Bonchev–Trinajstić information content (AvgIpc) is 2.80. The van der Waals surface area contributed by atoms with Gasteiger partial charge in [-0.2, -0.15) is 0 Å². The summed E-state index contributed by atoms with van der Waals surface area (Å²) in [7, 11) is 1.47. The zero-order chi connectivity index (χ0) is 26.3. The SMILES string of the molecule is COC(=O)[C@]12CCC(C)(C)C(=O)C1=C1CC[C@@H]3[C@@]4(C)C[C@@H](OC(C)=O)CC[C@@H]4CC[C@@]3(C)[C@]1(C)CC2. The lowest BCUT2D eigenvalue weighted by Gasteiger charge is -2.69. The Bertz CT molecular complexity index is 1020. The summed E-state index contributed by atoms with van der Waals surface area (Å²) in [5.74, 6) is 0.958. The van der Waals surface area contributed by atoms with E-state index in [2.05, 4.69) is 20.8 Å². The molecule has 5 rings (SSSR count). The Balaban J connectivity index is 1.61. The first-order valence-electron chi connectivity index (χ1n) is 14.3. The number of esters is 2. The fourth-order valence-electron chi connectivity index (χ4n) is 10.1. The fourth-order valence-corrected chi connectivity index (χ4v) is 10.1. The van der Waals surface area contributed by atoms with Gasteiger partial charge in [-0.3, -0.25) is 14.4 Å². The summed E-state index contributed by atoms with van der Waals surface area (Å²) in [6.07, 6.45) is 10.4. The van der Waals surface area contributed by atoms with E-state index in [0.29, 0.717) is 24.7 Å². The number of rotatable bonds is 2. The van der Waals surface area contributed by atoms with E-state index in [-0.39, 0.29) is 40.1 Å². The van der Waals surface area contributed by atoms with Crippen molar-refractivity contribution in [1.82, 2.24) is 0 Å². The summed E-state index contributed by atoms with van der Waals surface area (Å²) in [5.41, 5.74) is 0.927. The molecule has 4 fully saturated rings. The van der Waals surface area contributed by atoms with Crippen LogP contribution >= 0.6 is 0 Å². The Morgan fingerprint density at radius 2 is 1.58 bits per heavy atom. The van der Waals surface area contributed by atoms with E-state index in [9.17, 15) is 14.4 Å². The Morgan fingerprint density at radius 1 is 0.889 bits per heavy atom. The first kappa shape index (κ1) is 26.0. The van der Waals surface area contributed by atoms with Gasteiger partial charge in [0, 0.05) is 17.9 Å². The molecule has 0 aromatic heterocycles. The van der Waals surface area contributed by atoms with E-state index in [1.807, 2.05) is 13.8 Å². The van der Waals surface area contributed by atoms with E-state index in [1.54, 1.807) is 0 Å². The number of ether oxygens (including phenoxy) is 2. The molecule has 4 saturated carbocycles. The average molecular weight is 499 g/mol. The van der Waals surface area contributed by atoms with Gasteiger partial charge in [0.1, 0.15) is 6.10 Å². The van der Waals surface area contributed by atoms with Gasteiger partial charge in [0.15, 0.2) is 5.78 Å². The van der Waals surface area contributed by atoms with Crippen molar-refractivity contribution in [3.8, 4) is 0 Å². The van der Waals surface area contributed by atoms with Crippen molar-refractivity contribution in [3.63, 3.8) is 0 Å². The standard InChI is InChI=1S/C31H46O5/c1-19(32)36-21-9-8-20-12-13-30(6)23(28(20,4)18-21)11-10-22-24-25(33)27(2,3)14-16-31(24,26(34)35-7)17-15-29(22,30)5/h20-21,23H,8-18H2,1-7H3/t20-,21+,23-,28+,29-,30-,31+/m1/s1. The first-order chi connectivity index (χ1) is 16.7. The van der Waals surface area contributed by atoms with Crippen LogP contribution < -0.4 is 0 Å². The molecule has 0 aromatic carbocycles. The summed E-state index contributed by atoms with van der Waals surface area (Å²) >= 11 is 0. The number of carbonyl (C=O) groups excluding carboxylic acids is 3. The molecule has 0 radical (unpaired) electrons. The molecule has 0 N–H and O–H groups in total. The largest absolute Gasteiger partial charge is 0.468 e. The van der Waals surface area contributed by atoms with Crippen LogP contribution in [0.1, 0.15) is 112 Å². The highest BCUT2D eigenvalue weighted by molar-refractivity contribution is 6.07. The molecular weight excluding hydrogens is 452 g/mol. The number of ketones is 1. The van der Waals surface area contributed by atoms with Crippen molar-refractivity contribution in [3.05, 3.63) is 11.1 Å². The summed E-state index contributed by atoms with van der Waals surface area (Å²) in [6, 6.07) is 0. The van der Waals surface area contributed by atoms with Crippen molar-refractivity contribution in [2.75, 3.05) is 7.11 Å². The number of carbonyl (C=O) groups is 3. The molecule has 5 heteroatoms. The van der Waals surface area contributed by atoms with Crippen LogP contribution in [0.25, 0.3) is 0 Å². The Kier molecular flexibility index (Phi) is 5.90. The number of hydrogen-bond donors (Lipinski definition) is 0. The van der Waals surface area contributed by atoms with Crippen LogP contribution in [0, 0.1) is 38.9 Å². The van der Waals surface area contributed by atoms with E-state index in [4.69, 9.17) is 9.47 Å². The quantitative estimate of drug-likeness (QED) is 0.402. The third kappa shape index (κ3) is 3.29. The van der Waals surface area contributed by atoms with Gasteiger partial charge in [-0.05, 0) is 98.7 Å².